The molecule has 0 fully saturated rings. The summed E-state index contributed by atoms with van der Waals surface area (Å²) in [6.45, 7) is 5.40. The van der Waals surface area contributed by atoms with E-state index in [4.69, 9.17) is 15.2 Å². The maximum atomic E-state index is 5.90. The normalized spacial score (nSPS) is 20.8. The zero-order chi connectivity index (χ0) is 11.5. The van der Waals surface area contributed by atoms with Gasteiger partial charge in [0.1, 0.15) is 11.5 Å². The first-order chi connectivity index (χ1) is 7.70. The van der Waals surface area contributed by atoms with Crippen molar-refractivity contribution in [2.45, 2.75) is 26.3 Å². The molecule has 2 N–H and O–H groups in total. The van der Waals surface area contributed by atoms with Crippen LogP contribution in [-0.4, -0.2) is 19.3 Å². The van der Waals surface area contributed by atoms with Crippen molar-refractivity contribution in [2.75, 3.05) is 13.2 Å². The summed E-state index contributed by atoms with van der Waals surface area (Å²) in [5.41, 5.74) is 7.13. The minimum Gasteiger partial charge on any atom is -0.494 e. The Hall–Kier alpha value is -1.22. The van der Waals surface area contributed by atoms with Crippen LogP contribution in [0.3, 0.4) is 0 Å². The number of rotatable bonds is 3. The van der Waals surface area contributed by atoms with Gasteiger partial charge in [0, 0.05) is 18.0 Å². The fourth-order valence-electron chi connectivity index (χ4n) is 1.97. The van der Waals surface area contributed by atoms with Crippen LogP contribution in [0.4, 0.5) is 0 Å². The van der Waals surface area contributed by atoms with Crippen molar-refractivity contribution in [2.24, 2.45) is 11.7 Å². The van der Waals surface area contributed by atoms with Gasteiger partial charge in [-0.15, -0.1) is 0 Å². The summed E-state index contributed by atoms with van der Waals surface area (Å²) in [6, 6.07) is 6.22. The van der Waals surface area contributed by atoms with Crippen molar-refractivity contribution in [3.63, 3.8) is 0 Å². The first-order valence-corrected chi connectivity index (χ1v) is 5.84. The Bertz CT molecular complexity index is 363. The molecule has 2 unspecified atom stereocenters. The Labute approximate surface area is 96.5 Å². The first kappa shape index (κ1) is 11.3. The van der Waals surface area contributed by atoms with E-state index < -0.39 is 0 Å². The number of hydrogen-bond acceptors (Lipinski definition) is 3. The highest BCUT2D eigenvalue weighted by atomic mass is 16.5. The molecule has 1 aliphatic heterocycles. The molecule has 1 heterocycles. The van der Waals surface area contributed by atoms with Crippen LogP contribution < -0.4 is 15.2 Å². The smallest absolute Gasteiger partial charge is 0.126 e. The lowest BCUT2D eigenvalue weighted by atomic mass is 9.92. The van der Waals surface area contributed by atoms with Gasteiger partial charge < -0.3 is 15.2 Å². The van der Waals surface area contributed by atoms with Crippen LogP contribution >= 0.6 is 0 Å². The molecule has 16 heavy (non-hydrogen) atoms. The molecule has 88 valence electrons. The van der Waals surface area contributed by atoms with E-state index in [-0.39, 0.29) is 6.04 Å². The van der Waals surface area contributed by atoms with Gasteiger partial charge >= 0.3 is 0 Å². The number of benzene rings is 1. The molecule has 0 spiro atoms. The van der Waals surface area contributed by atoms with E-state index in [1.165, 1.54) is 5.56 Å². The number of fused-ring (bicyclic) bond motifs is 1. The van der Waals surface area contributed by atoms with E-state index in [1.807, 2.05) is 26.0 Å². The van der Waals surface area contributed by atoms with Crippen LogP contribution in [-0.2, 0) is 6.42 Å². The molecule has 0 saturated heterocycles. The van der Waals surface area contributed by atoms with Gasteiger partial charge in [0.25, 0.3) is 0 Å². The molecule has 0 radical (unpaired) electrons. The largest absolute Gasteiger partial charge is 0.494 e. The molecule has 0 saturated carbocycles. The minimum atomic E-state index is 0.180. The summed E-state index contributed by atoms with van der Waals surface area (Å²) in [7, 11) is 0. The lowest BCUT2D eigenvalue weighted by Crippen LogP contribution is -2.35. The topological polar surface area (TPSA) is 44.5 Å². The molecule has 1 aromatic rings. The van der Waals surface area contributed by atoms with E-state index in [2.05, 4.69) is 6.07 Å². The Morgan fingerprint density at radius 3 is 3.06 bits per heavy atom. The number of nitrogens with two attached hydrogens (primary N) is 1. The van der Waals surface area contributed by atoms with Crippen LogP contribution in [0.2, 0.25) is 0 Å². The van der Waals surface area contributed by atoms with Crippen molar-refractivity contribution in [3.05, 3.63) is 23.8 Å². The second-order valence-electron chi connectivity index (χ2n) is 4.34. The quantitative estimate of drug-likeness (QED) is 0.849. The van der Waals surface area contributed by atoms with Crippen molar-refractivity contribution in [1.29, 1.82) is 0 Å². The molecule has 3 heteroatoms. The molecule has 2 rings (SSSR count). The maximum absolute atomic E-state index is 5.90. The van der Waals surface area contributed by atoms with Gasteiger partial charge in [-0.3, -0.25) is 0 Å². The number of ether oxygens (including phenoxy) is 2. The van der Waals surface area contributed by atoms with Crippen LogP contribution in [0.25, 0.3) is 0 Å². The Morgan fingerprint density at radius 2 is 2.38 bits per heavy atom. The zero-order valence-electron chi connectivity index (χ0n) is 9.90. The lowest BCUT2D eigenvalue weighted by molar-refractivity contribution is 0.203. The number of hydrogen-bond donors (Lipinski definition) is 1. The monoisotopic (exact) mass is 221 g/mol. The molecule has 1 aliphatic rings. The predicted octanol–water partition coefficient (Wildman–Crippen LogP) is 1.98. The van der Waals surface area contributed by atoms with Gasteiger partial charge in [-0.05, 0) is 31.9 Å². The molecular weight excluding hydrogens is 202 g/mol. The summed E-state index contributed by atoms with van der Waals surface area (Å²) >= 11 is 0. The molecule has 0 amide bonds. The van der Waals surface area contributed by atoms with Gasteiger partial charge in [-0.2, -0.15) is 0 Å². The third kappa shape index (κ3) is 2.30. The minimum absolute atomic E-state index is 0.180. The van der Waals surface area contributed by atoms with E-state index in [0.717, 1.165) is 17.9 Å². The standard InChI is InChI=1S/C13H19NO2/c1-3-15-12-5-4-10-6-11(9(2)14)8-16-13(10)7-12/h4-5,7,9,11H,3,6,8,14H2,1-2H3. The second kappa shape index (κ2) is 4.74. The van der Waals surface area contributed by atoms with Crippen molar-refractivity contribution < 1.29 is 9.47 Å². The molecule has 1 aromatic carbocycles. The predicted molar refractivity (Wildman–Crippen MR) is 63.9 cm³/mol. The summed E-state index contributed by atoms with van der Waals surface area (Å²) in [5, 5.41) is 0. The van der Waals surface area contributed by atoms with Gasteiger partial charge in [-0.25, -0.2) is 0 Å². The summed E-state index contributed by atoms with van der Waals surface area (Å²) in [6.07, 6.45) is 0.999. The Kier molecular flexibility index (Phi) is 3.34. The lowest BCUT2D eigenvalue weighted by Gasteiger charge is -2.28. The zero-order valence-corrected chi connectivity index (χ0v) is 9.90. The van der Waals surface area contributed by atoms with Crippen LogP contribution in [0.1, 0.15) is 19.4 Å². The van der Waals surface area contributed by atoms with Crippen molar-refractivity contribution in [3.8, 4) is 11.5 Å². The molecular formula is C13H19NO2. The third-order valence-electron chi connectivity index (χ3n) is 3.03. The highest BCUT2D eigenvalue weighted by molar-refractivity contribution is 5.42. The van der Waals surface area contributed by atoms with Gasteiger partial charge in [0.15, 0.2) is 0 Å². The maximum Gasteiger partial charge on any atom is 0.126 e. The van der Waals surface area contributed by atoms with Gasteiger partial charge in [0.2, 0.25) is 0 Å². The summed E-state index contributed by atoms with van der Waals surface area (Å²) in [5.74, 6) is 2.24. The van der Waals surface area contributed by atoms with Gasteiger partial charge in [-0.1, -0.05) is 6.07 Å². The second-order valence-corrected chi connectivity index (χ2v) is 4.34. The highest BCUT2D eigenvalue weighted by Crippen LogP contribution is 2.31. The Morgan fingerprint density at radius 1 is 1.56 bits per heavy atom. The Balaban J connectivity index is 2.15. The fourth-order valence-corrected chi connectivity index (χ4v) is 1.97. The fraction of sp³-hybridized carbons (Fsp3) is 0.538. The third-order valence-corrected chi connectivity index (χ3v) is 3.03. The van der Waals surface area contributed by atoms with Crippen molar-refractivity contribution >= 4 is 0 Å². The highest BCUT2D eigenvalue weighted by Gasteiger charge is 2.22. The van der Waals surface area contributed by atoms with E-state index in [9.17, 15) is 0 Å². The van der Waals surface area contributed by atoms with Crippen molar-refractivity contribution in [1.82, 2.24) is 0 Å². The average molecular weight is 221 g/mol. The van der Waals surface area contributed by atoms with Gasteiger partial charge in [0.05, 0.1) is 13.2 Å². The molecule has 0 bridgehead atoms. The van der Waals surface area contributed by atoms with E-state index in [1.54, 1.807) is 0 Å². The molecule has 3 nitrogen and oxygen atoms in total. The summed E-state index contributed by atoms with van der Waals surface area (Å²) in [4.78, 5) is 0. The summed E-state index contributed by atoms with van der Waals surface area (Å²) < 4.78 is 11.2. The van der Waals surface area contributed by atoms with Crippen LogP contribution in [0.15, 0.2) is 18.2 Å². The van der Waals surface area contributed by atoms with Crippen LogP contribution in [0.5, 0.6) is 11.5 Å². The first-order valence-electron chi connectivity index (χ1n) is 5.84. The average Bonchev–Trinajstić information content (AvgIpc) is 2.28. The molecule has 0 aliphatic carbocycles. The van der Waals surface area contributed by atoms with Crippen LogP contribution in [0, 0.1) is 5.92 Å². The SMILES string of the molecule is CCOc1ccc2c(c1)OCC(C(C)N)C2. The van der Waals surface area contributed by atoms with E-state index in [0.29, 0.717) is 19.1 Å². The molecule has 2 atom stereocenters. The molecule has 0 aromatic heterocycles. The van der Waals surface area contributed by atoms with E-state index >= 15 is 0 Å².